The number of anilines is 1. The van der Waals surface area contributed by atoms with Gasteiger partial charge in [0.05, 0.1) is 32.4 Å². The number of rotatable bonds is 4. The molecule has 0 aromatic carbocycles. The fourth-order valence-electron chi connectivity index (χ4n) is 1.79. The van der Waals surface area contributed by atoms with Crippen molar-refractivity contribution in [3.05, 3.63) is 5.89 Å². The van der Waals surface area contributed by atoms with Crippen molar-refractivity contribution in [2.75, 3.05) is 31.2 Å². The molecule has 0 radical (unpaired) electrons. The first-order chi connectivity index (χ1) is 8.98. The summed E-state index contributed by atoms with van der Waals surface area (Å²) in [7, 11) is 0. The van der Waals surface area contributed by atoms with Gasteiger partial charge in [-0.3, -0.25) is 0 Å². The lowest BCUT2D eigenvalue weighted by Crippen LogP contribution is -2.44. The van der Waals surface area contributed by atoms with Crippen LogP contribution in [-0.4, -0.2) is 53.3 Å². The fraction of sp³-hybridized carbons (Fsp3) is 0.833. The van der Waals surface area contributed by atoms with Crippen LogP contribution in [0.2, 0.25) is 0 Å². The molecule has 1 atom stereocenters. The van der Waals surface area contributed by atoms with Crippen LogP contribution in [-0.2, 0) is 11.3 Å². The van der Waals surface area contributed by atoms with E-state index in [0.29, 0.717) is 38.1 Å². The molecular formula is C12H22N4O3. The van der Waals surface area contributed by atoms with Gasteiger partial charge in [0, 0.05) is 12.1 Å². The van der Waals surface area contributed by atoms with E-state index in [-0.39, 0.29) is 18.2 Å². The highest BCUT2D eigenvalue weighted by Gasteiger charge is 2.24. The zero-order valence-corrected chi connectivity index (χ0v) is 11.7. The highest BCUT2D eigenvalue weighted by Crippen LogP contribution is 2.16. The van der Waals surface area contributed by atoms with Crippen LogP contribution in [0.15, 0.2) is 4.42 Å². The van der Waals surface area contributed by atoms with Crippen molar-refractivity contribution in [3.63, 3.8) is 0 Å². The number of aliphatic hydroxyl groups excluding tert-OH is 1. The maximum Gasteiger partial charge on any atom is 0.318 e. The Balaban J connectivity index is 1.93. The van der Waals surface area contributed by atoms with Gasteiger partial charge in [-0.2, -0.15) is 0 Å². The van der Waals surface area contributed by atoms with Gasteiger partial charge in [0.1, 0.15) is 0 Å². The number of hydrogen-bond donors (Lipinski definition) is 2. The highest BCUT2D eigenvalue weighted by molar-refractivity contribution is 5.25. The molecule has 0 bridgehead atoms. The Morgan fingerprint density at radius 3 is 2.89 bits per heavy atom. The van der Waals surface area contributed by atoms with E-state index in [1.54, 1.807) is 0 Å². The molecule has 0 amide bonds. The minimum atomic E-state index is -0.184. The average molecular weight is 270 g/mol. The molecule has 1 aliphatic heterocycles. The third-order valence-electron chi connectivity index (χ3n) is 2.84. The van der Waals surface area contributed by atoms with E-state index in [4.69, 9.17) is 14.3 Å². The van der Waals surface area contributed by atoms with Gasteiger partial charge >= 0.3 is 6.01 Å². The molecule has 7 heteroatoms. The molecule has 2 heterocycles. The largest absolute Gasteiger partial charge is 0.407 e. The number of ether oxygens (including phenoxy) is 1. The molecular weight excluding hydrogens is 248 g/mol. The highest BCUT2D eigenvalue weighted by atomic mass is 16.5. The summed E-state index contributed by atoms with van der Waals surface area (Å²) in [5, 5.41) is 20.5. The molecule has 1 fully saturated rings. The molecule has 1 unspecified atom stereocenters. The summed E-state index contributed by atoms with van der Waals surface area (Å²) in [5.74, 6) is 0.567. The van der Waals surface area contributed by atoms with Gasteiger partial charge in [0.2, 0.25) is 5.89 Å². The summed E-state index contributed by atoms with van der Waals surface area (Å²) in [5.41, 5.74) is 0.00951. The topological polar surface area (TPSA) is 83.7 Å². The predicted octanol–water partition coefficient (Wildman–Crippen LogP) is 0.155. The van der Waals surface area contributed by atoms with E-state index in [2.05, 4.69) is 36.3 Å². The summed E-state index contributed by atoms with van der Waals surface area (Å²) in [4.78, 5) is 1.94. The van der Waals surface area contributed by atoms with E-state index in [9.17, 15) is 0 Å². The van der Waals surface area contributed by atoms with E-state index in [0.717, 1.165) is 0 Å². The molecule has 2 rings (SSSR count). The van der Waals surface area contributed by atoms with Gasteiger partial charge < -0.3 is 24.5 Å². The smallest absolute Gasteiger partial charge is 0.318 e. The SMILES string of the molecule is CC(C)(C)NCc1nnc(N2CCOC(CO)C2)o1. The summed E-state index contributed by atoms with van der Waals surface area (Å²) in [6.45, 7) is 8.63. The van der Waals surface area contributed by atoms with Gasteiger partial charge in [0.15, 0.2) is 0 Å². The number of hydrogen-bond acceptors (Lipinski definition) is 7. The molecule has 0 aliphatic carbocycles. The van der Waals surface area contributed by atoms with Crippen molar-refractivity contribution in [1.82, 2.24) is 15.5 Å². The van der Waals surface area contributed by atoms with Crippen LogP contribution >= 0.6 is 0 Å². The number of aliphatic hydroxyl groups is 1. The van der Waals surface area contributed by atoms with Crippen molar-refractivity contribution < 1.29 is 14.3 Å². The molecule has 2 N–H and O–H groups in total. The van der Waals surface area contributed by atoms with Crippen LogP contribution in [0.5, 0.6) is 0 Å². The lowest BCUT2D eigenvalue weighted by Gasteiger charge is -2.30. The maximum absolute atomic E-state index is 9.11. The second-order valence-electron chi connectivity index (χ2n) is 5.70. The minimum Gasteiger partial charge on any atom is -0.407 e. The van der Waals surface area contributed by atoms with E-state index in [1.807, 2.05) is 4.90 Å². The predicted molar refractivity (Wildman–Crippen MR) is 69.9 cm³/mol. The Kier molecular flexibility index (Phi) is 4.38. The third-order valence-corrected chi connectivity index (χ3v) is 2.84. The van der Waals surface area contributed by atoms with Crippen LogP contribution in [0.3, 0.4) is 0 Å². The normalized spacial score (nSPS) is 20.8. The van der Waals surface area contributed by atoms with Gasteiger partial charge in [-0.25, -0.2) is 0 Å². The molecule has 0 saturated carbocycles. The summed E-state index contributed by atoms with van der Waals surface area (Å²) >= 11 is 0. The Bertz CT molecular complexity index is 402. The van der Waals surface area contributed by atoms with Crippen molar-refractivity contribution in [3.8, 4) is 0 Å². The average Bonchev–Trinajstić information content (AvgIpc) is 2.84. The molecule has 108 valence electrons. The molecule has 7 nitrogen and oxygen atoms in total. The zero-order valence-electron chi connectivity index (χ0n) is 11.7. The van der Waals surface area contributed by atoms with Crippen molar-refractivity contribution >= 4 is 6.01 Å². The number of nitrogens with zero attached hydrogens (tertiary/aromatic N) is 3. The van der Waals surface area contributed by atoms with Crippen LogP contribution in [0.25, 0.3) is 0 Å². The van der Waals surface area contributed by atoms with Crippen molar-refractivity contribution in [2.24, 2.45) is 0 Å². The number of morpholine rings is 1. The third kappa shape index (κ3) is 4.15. The Morgan fingerprint density at radius 2 is 2.21 bits per heavy atom. The Labute approximate surface area is 112 Å². The van der Waals surface area contributed by atoms with Crippen LogP contribution in [0.4, 0.5) is 6.01 Å². The summed E-state index contributed by atoms with van der Waals surface area (Å²) < 4.78 is 11.0. The lowest BCUT2D eigenvalue weighted by atomic mass is 10.1. The number of nitrogens with one attached hydrogen (secondary N) is 1. The first-order valence-corrected chi connectivity index (χ1v) is 6.53. The fourth-order valence-corrected chi connectivity index (χ4v) is 1.79. The van der Waals surface area contributed by atoms with Gasteiger partial charge in [-0.05, 0) is 20.8 Å². The van der Waals surface area contributed by atoms with Gasteiger partial charge in [-0.1, -0.05) is 5.10 Å². The quantitative estimate of drug-likeness (QED) is 0.806. The van der Waals surface area contributed by atoms with Crippen LogP contribution < -0.4 is 10.2 Å². The van der Waals surface area contributed by atoms with Gasteiger partial charge in [-0.15, -0.1) is 5.10 Å². The minimum absolute atomic E-state index is 0.00305. The summed E-state index contributed by atoms with van der Waals surface area (Å²) in [6, 6.07) is 0.493. The van der Waals surface area contributed by atoms with E-state index < -0.39 is 0 Å². The maximum atomic E-state index is 9.11. The monoisotopic (exact) mass is 270 g/mol. The summed E-state index contributed by atoms with van der Waals surface area (Å²) in [6.07, 6.45) is -0.184. The molecule has 1 saturated heterocycles. The van der Waals surface area contributed by atoms with Crippen LogP contribution in [0.1, 0.15) is 26.7 Å². The Morgan fingerprint density at radius 1 is 1.42 bits per heavy atom. The van der Waals surface area contributed by atoms with E-state index >= 15 is 0 Å². The lowest BCUT2D eigenvalue weighted by molar-refractivity contribution is 0.00223. The molecule has 19 heavy (non-hydrogen) atoms. The molecule has 1 aromatic heterocycles. The molecule has 0 spiro atoms. The number of aromatic nitrogens is 2. The van der Waals surface area contributed by atoms with E-state index in [1.165, 1.54) is 0 Å². The second-order valence-corrected chi connectivity index (χ2v) is 5.70. The Hall–Kier alpha value is -1.18. The zero-order chi connectivity index (χ0) is 13.9. The molecule has 1 aromatic rings. The molecule has 1 aliphatic rings. The van der Waals surface area contributed by atoms with Crippen molar-refractivity contribution in [1.29, 1.82) is 0 Å². The first kappa shape index (κ1) is 14.2. The standard InChI is InChI=1S/C12H22N4O3/c1-12(2,3)13-6-10-14-15-11(19-10)16-4-5-18-9(7-16)8-17/h9,13,17H,4-8H2,1-3H3. The first-order valence-electron chi connectivity index (χ1n) is 6.53. The van der Waals surface area contributed by atoms with Gasteiger partial charge in [0.25, 0.3) is 0 Å². The van der Waals surface area contributed by atoms with Crippen LogP contribution in [0, 0.1) is 0 Å². The second kappa shape index (κ2) is 5.85. The van der Waals surface area contributed by atoms with Crippen molar-refractivity contribution in [2.45, 2.75) is 39.0 Å².